The lowest BCUT2D eigenvalue weighted by atomic mass is 10.3. The number of hydrogen-bond donors (Lipinski definition) is 0. The average molecular weight is 214 g/mol. The van der Waals surface area contributed by atoms with E-state index in [0.29, 0.717) is 6.61 Å². The minimum Gasteiger partial charge on any atom is -0.486 e. The summed E-state index contributed by atoms with van der Waals surface area (Å²) in [6.45, 7) is 4.44. The lowest BCUT2D eigenvalue weighted by Crippen LogP contribution is -1.98. The number of ether oxygens (including phenoxy) is 1. The predicted octanol–water partition coefficient (Wildman–Crippen LogP) is 2.67. The van der Waals surface area contributed by atoms with E-state index in [1.165, 1.54) is 0 Å². The van der Waals surface area contributed by atoms with Crippen LogP contribution in [0.25, 0.3) is 0 Å². The molecule has 0 aliphatic heterocycles. The zero-order chi connectivity index (χ0) is 11.4. The maximum atomic E-state index is 5.56. The summed E-state index contributed by atoms with van der Waals surface area (Å²) >= 11 is 0. The van der Waals surface area contributed by atoms with Crippen LogP contribution in [0.4, 0.5) is 0 Å². The third-order valence-corrected chi connectivity index (χ3v) is 2.24. The molecule has 0 atom stereocenters. The Balaban J connectivity index is 1.97. The van der Waals surface area contributed by atoms with Crippen LogP contribution in [0.1, 0.15) is 17.0 Å². The monoisotopic (exact) mass is 214 g/mol. The first-order valence-electron chi connectivity index (χ1n) is 5.21. The molecule has 0 radical (unpaired) electrons. The molecule has 2 heterocycles. The molecule has 0 bridgehead atoms. The lowest BCUT2D eigenvalue weighted by Gasteiger charge is -2.05. The van der Waals surface area contributed by atoms with Crippen molar-refractivity contribution in [2.75, 3.05) is 0 Å². The molecule has 82 valence electrons. The Hall–Kier alpha value is -1.90. The first kappa shape index (κ1) is 10.6. The number of aryl methyl sites for hydroxylation is 2. The highest BCUT2D eigenvalue weighted by atomic mass is 16.5. The first-order valence-corrected chi connectivity index (χ1v) is 5.21. The van der Waals surface area contributed by atoms with Gasteiger partial charge in [-0.3, -0.25) is 9.97 Å². The van der Waals surface area contributed by atoms with Gasteiger partial charge in [-0.15, -0.1) is 0 Å². The molecule has 16 heavy (non-hydrogen) atoms. The van der Waals surface area contributed by atoms with Crippen molar-refractivity contribution in [2.45, 2.75) is 20.5 Å². The van der Waals surface area contributed by atoms with Crippen molar-refractivity contribution < 1.29 is 4.74 Å². The Labute approximate surface area is 95.1 Å². The second-order valence-electron chi connectivity index (χ2n) is 3.75. The van der Waals surface area contributed by atoms with Crippen LogP contribution in [0.15, 0.2) is 36.7 Å². The van der Waals surface area contributed by atoms with Crippen molar-refractivity contribution in [1.29, 1.82) is 0 Å². The van der Waals surface area contributed by atoms with Gasteiger partial charge in [-0.05, 0) is 37.6 Å². The molecule has 0 aliphatic rings. The molecule has 0 unspecified atom stereocenters. The minimum absolute atomic E-state index is 0.477. The van der Waals surface area contributed by atoms with E-state index in [1.54, 1.807) is 6.20 Å². The molecular weight excluding hydrogens is 200 g/mol. The maximum absolute atomic E-state index is 5.56. The highest BCUT2D eigenvalue weighted by Gasteiger charge is 1.97. The van der Waals surface area contributed by atoms with Gasteiger partial charge in [0.15, 0.2) is 0 Å². The lowest BCUT2D eigenvalue weighted by molar-refractivity contribution is 0.300. The third-order valence-electron chi connectivity index (χ3n) is 2.24. The van der Waals surface area contributed by atoms with Gasteiger partial charge < -0.3 is 4.74 Å². The molecule has 0 aromatic carbocycles. The fourth-order valence-electron chi connectivity index (χ4n) is 1.28. The topological polar surface area (TPSA) is 35.0 Å². The van der Waals surface area contributed by atoms with Gasteiger partial charge in [-0.25, -0.2) is 0 Å². The van der Waals surface area contributed by atoms with Crippen molar-refractivity contribution in [3.63, 3.8) is 0 Å². The fourth-order valence-corrected chi connectivity index (χ4v) is 1.28. The molecule has 0 saturated carbocycles. The average Bonchev–Trinajstić information content (AvgIpc) is 2.30. The largest absolute Gasteiger partial charge is 0.486 e. The van der Waals surface area contributed by atoms with E-state index in [4.69, 9.17) is 4.74 Å². The zero-order valence-corrected chi connectivity index (χ0v) is 9.47. The Kier molecular flexibility index (Phi) is 3.15. The molecule has 2 aromatic heterocycles. The van der Waals surface area contributed by atoms with Crippen molar-refractivity contribution in [1.82, 2.24) is 9.97 Å². The number of hydrogen-bond acceptors (Lipinski definition) is 3. The van der Waals surface area contributed by atoms with Crippen molar-refractivity contribution in [3.05, 3.63) is 53.6 Å². The Morgan fingerprint density at radius 3 is 2.50 bits per heavy atom. The van der Waals surface area contributed by atoms with Crippen LogP contribution >= 0.6 is 0 Å². The SMILES string of the molecule is Cc1ccc(COc2ccc(C)nc2)nc1. The van der Waals surface area contributed by atoms with E-state index in [1.807, 2.05) is 44.3 Å². The maximum Gasteiger partial charge on any atom is 0.138 e. The smallest absolute Gasteiger partial charge is 0.138 e. The molecular formula is C13H14N2O. The quantitative estimate of drug-likeness (QED) is 0.787. The van der Waals surface area contributed by atoms with Crippen molar-refractivity contribution in [2.24, 2.45) is 0 Å². The highest BCUT2D eigenvalue weighted by molar-refractivity contribution is 5.20. The second kappa shape index (κ2) is 4.75. The summed E-state index contributed by atoms with van der Waals surface area (Å²) in [4.78, 5) is 8.43. The van der Waals surface area contributed by atoms with Gasteiger partial charge >= 0.3 is 0 Å². The third kappa shape index (κ3) is 2.79. The van der Waals surface area contributed by atoms with Gasteiger partial charge in [0.25, 0.3) is 0 Å². The molecule has 0 N–H and O–H groups in total. The first-order chi connectivity index (χ1) is 7.74. The number of pyridine rings is 2. The summed E-state index contributed by atoms with van der Waals surface area (Å²) in [5.74, 6) is 0.771. The van der Waals surface area contributed by atoms with Crippen LogP contribution in [0, 0.1) is 13.8 Å². The normalized spacial score (nSPS) is 10.1. The van der Waals surface area contributed by atoms with Crippen LogP contribution in [0.5, 0.6) is 5.75 Å². The van der Waals surface area contributed by atoms with Crippen LogP contribution in [0.3, 0.4) is 0 Å². The van der Waals surface area contributed by atoms with E-state index >= 15 is 0 Å². The molecule has 3 heteroatoms. The molecule has 0 spiro atoms. The summed E-state index contributed by atoms with van der Waals surface area (Å²) in [7, 11) is 0. The van der Waals surface area contributed by atoms with Crippen molar-refractivity contribution in [3.8, 4) is 5.75 Å². The van der Waals surface area contributed by atoms with Gasteiger partial charge in [-0.1, -0.05) is 6.07 Å². The number of aromatic nitrogens is 2. The summed E-state index contributed by atoms with van der Waals surface area (Å²) in [6, 6.07) is 7.84. The van der Waals surface area contributed by atoms with Crippen LogP contribution in [0.2, 0.25) is 0 Å². The molecule has 0 saturated heterocycles. The molecule has 2 aromatic rings. The van der Waals surface area contributed by atoms with Gasteiger partial charge in [0.1, 0.15) is 12.4 Å². The van der Waals surface area contributed by atoms with Crippen molar-refractivity contribution >= 4 is 0 Å². The van der Waals surface area contributed by atoms with Gasteiger partial charge in [0.05, 0.1) is 11.9 Å². The molecule has 0 amide bonds. The molecule has 3 nitrogen and oxygen atoms in total. The Morgan fingerprint density at radius 2 is 1.88 bits per heavy atom. The van der Waals surface area contributed by atoms with E-state index in [-0.39, 0.29) is 0 Å². The second-order valence-corrected chi connectivity index (χ2v) is 3.75. The fraction of sp³-hybridized carbons (Fsp3) is 0.231. The summed E-state index contributed by atoms with van der Waals surface area (Å²) in [5, 5.41) is 0. The number of rotatable bonds is 3. The summed E-state index contributed by atoms with van der Waals surface area (Å²) in [6.07, 6.45) is 3.57. The van der Waals surface area contributed by atoms with E-state index < -0.39 is 0 Å². The Morgan fingerprint density at radius 1 is 1.00 bits per heavy atom. The van der Waals surface area contributed by atoms with E-state index in [0.717, 1.165) is 22.7 Å². The van der Waals surface area contributed by atoms with Gasteiger partial charge in [-0.2, -0.15) is 0 Å². The number of nitrogens with zero attached hydrogens (tertiary/aromatic N) is 2. The van der Waals surface area contributed by atoms with Crippen LogP contribution in [-0.4, -0.2) is 9.97 Å². The highest BCUT2D eigenvalue weighted by Crippen LogP contribution is 2.10. The molecule has 0 aliphatic carbocycles. The van der Waals surface area contributed by atoms with Crippen LogP contribution < -0.4 is 4.74 Å². The van der Waals surface area contributed by atoms with Crippen LogP contribution in [-0.2, 0) is 6.61 Å². The van der Waals surface area contributed by atoms with E-state index in [2.05, 4.69) is 9.97 Å². The molecule has 2 rings (SSSR count). The minimum atomic E-state index is 0.477. The Bertz CT molecular complexity index is 403. The standard InChI is InChI=1S/C13H14N2O/c1-10-3-5-12(15-7-10)9-16-13-6-4-11(2)14-8-13/h3-8H,9H2,1-2H3. The predicted molar refractivity (Wildman–Crippen MR) is 62.3 cm³/mol. The van der Waals surface area contributed by atoms with Gasteiger partial charge in [0.2, 0.25) is 0 Å². The summed E-state index contributed by atoms with van der Waals surface area (Å²) in [5.41, 5.74) is 3.06. The van der Waals surface area contributed by atoms with Gasteiger partial charge in [0, 0.05) is 11.9 Å². The van der Waals surface area contributed by atoms with E-state index in [9.17, 15) is 0 Å². The summed E-state index contributed by atoms with van der Waals surface area (Å²) < 4.78 is 5.56. The molecule has 0 fully saturated rings. The zero-order valence-electron chi connectivity index (χ0n) is 9.47.